The second kappa shape index (κ2) is 7.52. The smallest absolute Gasteiger partial charge is 0.241 e. The van der Waals surface area contributed by atoms with Crippen molar-refractivity contribution in [2.45, 2.75) is 38.4 Å². The van der Waals surface area contributed by atoms with Crippen LogP contribution in [-0.4, -0.2) is 37.1 Å². The summed E-state index contributed by atoms with van der Waals surface area (Å²) in [5.74, 6) is -0.224. The Labute approximate surface area is 125 Å². The van der Waals surface area contributed by atoms with Gasteiger partial charge in [0.1, 0.15) is 12.0 Å². The van der Waals surface area contributed by atoms with Crippen molar-refractivity contribution in [1.82, 2.24) is 10.2 Å². The number of carbonyl (C=O) groups is 1. The van der Waals surface area contributed by atoms with Crippen molar-refractivity contribution in [2.24, 2.45) is 0 Å². The van der Waals surface area contributed by atoms with Gasteiger partial charge >= 0.3 is 0 Å². The zero-order valence-corrected chi connectivity index (χ0v) is 12.6. The Hall–Kier alpha value is -1.46. The summed E-state index contributed by atoms with van der Waals surface area (Å²) in [6, 6.07) is 6.40. The van der Waals surface area contributed by atoms with E-state index in [0.29, 0.717) is 18.7 Å². The molecule has 1 aliphatic heterocycles. The highest BCUT2D eigenvalue weighted by Crippen LogP contribution is 2.28. The Morgan fingerprint density at radius 2 is 2.14 bits per heavy atom. The summed E-state index contributed by atoms with van der Waals surface area (Å²) in [7, 11) is 1.64. The molecule has 0 saturated carbocycles. The normalized spacial score (nSPS) is 22.0. The molecule has 0 bridgehead atoms. The fourth-order valence-corrected chi connectivity index (χ4v) is 2.75. The van der Waals surface area contributed by atoms with E-state index in [9.17, 15) is 9.18 Å². The molecule has 2 rings (SSSR count). The van der Waals surface area contributed by atoms with Gasteiger partial charge in [0.2, 0.25) is 5.91 Å². The number of carbonyl (C=O) groups excluding carboxylic acids is 1. The molecule has 116 valence electrons. The Morgan fingerprint density at radius 3 is 2.81 bits per heavy atom. The van der Waals surface area contributed by atoms with Crippen LogP contribution in [0.4, 0.5) is 4.39 Å². The molecule has 0 spiro atoms. The van der Waals surface area contributed by atoms with Crippen molar-refractivity contribution < 1.29 is 13.9 Å². The van der Waals surface area contributed by atoms with Gasteiger partial charge in [-0.25, -0.2) is 4.39 Å². The number of hydrogen-bond acceptors (Lipinski definition) is 3. The highest BCUT2D eigenvalue weighted by atomic mass is 19.1. The van der Waals surface area contributed by atoms with Crippen molar-refractivity contribution >= 4 is 5.91 Å². The van der Waals surface area contributed by atoms with Crippen LogP contribution in [0.15, 0.2) is 24.3 Å². The van der Waals surface area contributed by atoms with Gasteiger partial charge in [-0.05, 0) is 18.9 Å². The van der Waals surface area contributed by atoms with Crippen LogP contribution < -0.4 is 5.32 Å². The minimum Gasteiger partial charge on any atom is -0.385 e. The van der Waals surface area contributed by atoms with Gasteiger partial charge < -0.3 is 9.64 Å². The molecule has 1 aliphatic rings. The van der Waals surface area contributed by atoms with Gasteiger partial charge in [-0.15, -0.1) is 0 Å². The lowest BCUT2D eigenvalue weighted by Crippen LogP contribution is -2.32. The lowest BCUT2D eigenvalue weighted by Gasteiger charge is -2.24. The van der Waals surface area contributed by atoms with E-state index in [-0.39, 0.29) is 23.9 Å². The average Bonchev–Trinajstić information content (AvgIpc) is 2.78. The average molecular weight is 294 g/mol. The number of amides is 1. The molecule has 0 aliphatic carbocycles. The zero-order valence-electron chi connectivity index (χ0n) is 12.6. The summed E-state index contributed by atoms with van der Waals surface area (Å²) in [5.41, 5.74) is 0.530. The molecule has 1 saturated heterocycles. The van der Waals surface area contributed by atoms with E-state index in [1.54, 1.807) is 30.2 Å². The minimum atomic E-state index is -0.382. The standard InChI is InChI=1S/C16H23FN2O2/c1-3-7-14-16(20)19(10-6-11-21-2)15(18-14)12-8-4-5-9-13(12)17/h4-5,8-9,14-15,18H,3,6-7,10-11H2,1-2H3. The second-order valence-electron chi connectivity index (χ2n) is 5.31. The molecule has 0 radical (unpaired) electrons. The van der Waals surface area contributed by atoms with Crippen molar-refractivity contribution in [3.05, 3.63) is 35.6 Å². The SMILES string of the molecule is CCCC1NC(c2ccccc2F)N(CCCOC)C1=O. The van der Waals surface area contributed by atoms with Gasteiger partial charge in [0, 0.05) is 25.8 Å². The summed E-state index contributed by atoms with van der Waals surface area (Å²) in [6.45, 7) is 3.20. The Balaban J connectivity index is 2.19. The number of nitrogens with zero attached hydrogens (tertiary/aromatic N) is 1. The number of halogens is 1. The van der Waals surface area contributed by atoms with Gasteiger partial charge in [0.15, 0.2) is 0 Å². The quantitative estimate of drug-likeness (QED) is 0.785. The number of hydrogen-bond donors (Lipinski definition) is 1. The molecule has 4 nitrogen and oxygen atoms in total. The molecule has 21 heavy (non-hydrogen) atoms. The van der Waals surface area contributed by atoms with Crippen LogP contribution in [0.25, 0.3) is 0 Å². The fraction of sp³-hybridized carbons (Fsp3) is 0.562. The topological polar surface area (TPSA) is 41.6 Å². The summed E-state index contributed by atoms with van der Waals surface area (Å²) < 4.78 is 19.1. The van der Waals surface area contributed by atoms with Crippen molar-refractivity contribution in [2.75, 3.05) is 20.3 Å². The summed E-state index contributed by atoms with van der Waals surface area (Å²) in [4.78, 5) is 14.2. The largest absolute Gasteiger partial charge is 0.385 e. The van der Waals surface area contributed by atoms with Gasteiger partial charge in [0.25, 0.3) is 0 Å². The maximum Gasteiger partial charge on any atom is 0.241 e. The van der Waals surface area contributed by atoms with Gasteiger partial charge in [-0.2, -0.15) is 0 Å². The highest BCUT2D eigenvalue weighted by molar-refractivity contribution is 5.84. The summed E-state index contributed by atoms with van der Waals surface area (Å²) in [5, 5.41) is 3.27. The predicted molar refractivity (Wildman–Crippen MR) is 79.2 cm³/mol. The number of ether oxygens (including phenoxy) is 1. The molecule has 1 heterocycles. The van der Waals surface area contributed by atoms with E-state index in [0.717, 1.165) is 19.3 Å². The summed E-state index contributed by atoms with van der Waals surface area (Å²) >= 11 is 0. The van der Waals surface area contributed by atoms with E-state index in [2.05, 4.69) is 5.32 Å². The van der Waals surface area contributed by atoms with Crippen LogP contribution in [0.1, 0.15) is 37.9 Å². The van der Waals surface area contributed by atoms with Crippen LogP contribution in [0, 0.1) is 5.82 Å². The number of nitrogens with one attached hydrogen (secondary N) is 1. The number of benzene rings is 1. The fourth-order valence-electron chi connectivity index (χ4n) is 2.75. The predicted octanol–water partition coefficient (Wildman–Crippen LogP) is 2.46. The molecule has 1 amide bonds. The van der Waals surface area contributed by atoms with Crippen LogP contribution in [0.3, 0.4) is 0 Å². The van der Waals surface area contributed by atoms with Gasteiger partial charge in [-0.1, -0.05) is 31.5 Å². The van der Waals surface area contributed by atoms with Gasteiger partial charge in [0.05, 0.1) is 6.04 Å². The van der Waals surface area contributed by atoms with Crippen molar-refractivity contribution in [3.63, 3.8) is 0 Å². The molecular weight excluding hydrogens is 271 g/mol. The van der Waals surface area contributed by atoms with E-state index >= 15 is 0 Å². The maximum absolute atomic E-state index is 14.0. The zero-order chi connectivity index (χ0) is 15.2. The van der Waals surface area contributed by atoms with Crippen LogP contribution in [-0.2, 0) is 9.53 Å². The van der Waals surface area contributed by atoms with Crippen molar-refractivity contribution in [3.8, 4) is 0 Å². The Kier molecular flexibility index (Phi) is 5.70. The Morgan fingerprint density at radius 1 is 1.38 bits per heavy atom. The molecule has 2 unspecified atom stereocenters. The second-order valence-corrected chi connectivity index (χ2v) is 5.31. The van der Waals surface area contributed by atoms with E-state index in [1.807, 2.05) is 6.92 Å². The van der Waals surface area contributed by atoms with Crippen molar-refractivity contribution in [1.29, 1.82) is 0 Å². The monoisotopic (exact) mass is 294 g/mol. The Bertz CT molecular complexity index is 481. The third kappa shape index (κ3) is 3.60. The lowest BCUT2D eigenvalue weighted by molar-refractivity contribution is -0.130. The molecule has 1 aromatic rings. The summed E-state index contributed by atoms with van der Waals surface area (Å²) in [6.07, 6.45) is 2.05. The van der Waals surface area contributed by atoms with Crippen LogP contribution in [0.5, 0.6) is 0 Å². The van der Waals surface area contributed by atoms with E-state index in [1.165, 1.54) is 6.07 Å². The molecule has 1 aromatic carbocycles. The lowest BCUT2D eigenvalue weighted by atomic mass is 10.1. The molecule has 1 fully saturated rings. The van der Waals surface area contributed by atoms with E-state index < -0.39 is 0 Å². The number of rotatable bonds is 7. The third-order valence-electron chi connectivity index (χ3n) is 3.78. The molecule has 2 atom stereocenters. The minimum absolute atomic E-state index is 0.0567. The first-order valence-corrected chi connectivity index (χ1v) is 7.49. The van der Waals surface area contributed by atoms with Crippen LogP contribution >= 0.6 is 0 Å². The maximum atomic E-state index is 14.0. The highest BCUT2D eigenvalue weighted by Gasteiger charge is 2.39. The first-order chi connectivity index (χ1) is 10.2. The first kappa shape index (κ1) is 15.9. The first-order valence-electron chi connectivity index (χ1n) is 7.49. The molecule has 1 N–H and O–H groups in total. The molecule has 0 aromatic heterocycles. The van der Waals surface area contributed by atoms with E-state index in [4.69, 9.17) is 4.74 Å². The number of methoxy groups -OCH3 is 1. The van der Waals surface area contributed by atoms with Gasteiger partial charge in [-0.3, -0.25) is 10.1 Å². The van der Waals surface area contributed by atoms with Crippen LogP contribution in [0.2, 0.25) is 0 Å². The molecular formula is C16H23FN2O2. The molecule has 5 heteroatoms. The third-order valence-corrected chi connectivity index (χ3v) is 3.78.